The fraction of sp³-hybridized carbons (Fsp3) is 0.762. The van der Waals surface area contributed by atoms with Crippen molar-refractivity contribution in [2.24, 2.45) is 22.7 Å². The van der Waals surface area contributed by atoms with E-state index in [2.05, 4.69) is 32.1 Å². The molecule has 0 aromatic carbocycles. The molecule has 25 heavy (non-hydrogen) atoms. The maximum atomic E-state index is 11.9. The number of nitrogens with zero attached hydrogens (tertiary/aromatic N) is 1. The molecule has 4 nitrogen and oxygen atoms in total. The molecule has 2 fully saturated rings. The minimum atomic E-state index is -1.25. The van der Waals surface area contributed by atoms with E-state index in [1.807, 2.05) is 0 Å². The Morgan fingerprint density at radius 3 is 2.60 bits per heavy atom. The molecule has 4 aliphatic carbocycles. The summed E-state index contributed by atoms with van der Waals surface area (Å²) in [6.07, 6.45) is 9.65. The summed E-state index contributed by atoms with van der Waals surface area (Å²) in [6.45, 7) is 4.26. The topological polar surface area (TPSA) is 73.5 Å². The van der Waals surface area contributed by atoms with Crippen molar-refractivity contribution < 1.29 is 14.9 Å². The lowest BCUT2D eigenvalue weighted by molar-refractivity contribution is -0.193. The van der Waals surface area contributed by atoms with E-state index >= 15 is 0 Å². The highest BCUT2D eigenvalue weighted by molar-refractivity contribution is 5.39. The highest BCUT2D eigenvalue weighted by atomic mass is 16.5. The second kappa shape index (κ2) is 5.11. The number of hydrogen-bond donors (Lipinski definition) is 2. The number of rotatable bonds is 1. The number of nitriles is 1. The molecule has 0 aromatic heterocycles. The minimum Gasteiger partial charge on any atom is -0.501 e. The third-order valence-electron chi connectivity index (χ3n) is 8.52. The van der Waals surface area contributed by atoms with Crippen LogP contribution >= 0.6 is 0 Å². The average molecular weight is 343 g/mol. The van der Waals surface area contributed by atoms with Gasteiger partial charge in [0.1, 0.15) is 0 Å². The maximum Gasteiger partial charge on any atom is 0.156 e. The predicted molar refractivity (Wildman–Crippen MR) is 94.2 cm³/mol. The molecule has 2 N–H and O–H groups in total. The Balaban J connectivity index is 1.77. The molecule has 2 saturated carbocycles. The molecule has 0 bridgehead atoms. The summed E-state index contributed by atoms with van der Waals surface area (Å²) < 4.78 is 5.45. The van der Waals surface area contributed by atoms with Crippen LogP contribution in [0.2, 0.25) is 0 Å². The van der Waals surface area contributed by atoms with Crippen LogP contribution < -0.4 is 0 Å². The third kappa shape index (κ3) is 1.89. The van der Waals surface area contributed by atoms with Crippen LogP contribution in [0.3, 0.4) is 0 Å². The summed E-state index contributed by atoms with van der Waals surface area (Å²) in [5, 5.41) is 32.4. The fourth-order valence-corrected chi connectivity index (χ4v) is 6.60. The van der Waals surface area contributed by atoms with Crippen LogP contribution in [0.15, 0.2) is 23.5 Å². The van der Waals surface area contributed by atoms with E-state index < -0.39 is 16.6 Å². The van der Waals surface area contributed by atoms with Crippen LogP contribution in [0, 0.1) is 34.0 Å². The van der Waals surface area contributed by atoms with Crippen molar-refractivity contribution in [3.63, 3.8) is 0 Å². The lowest BCUT2D eigenvalue weighted by atomic mass is 9.45. The first-order chi connectivity index (χ1) is 11.7. The van der Waals surface area contributed by atoms with Crippen LogP contribution in [0.25, 0.3) is 0 Å². The number of allylic oxidation sites excluding steroid dienone is 3. The van der Waals surface area contributed by atoms with Crippen LogP contribution in [-0.2, 0) is 4.74 Å². The molecule has 0 aliphatic heterocycles. The molecule has 0 radical (unpaired) electrons. The maximum absolute atomic E-state index is 11.9. The lowest BCUT2D eigenvalue weighted by Crippen LogP contribution is -2.63. The second-order valence-corrected chi connectivity index (χ2v) is 9.11. The smallest absolute Gasteiger partial charge is 0.156 e. The van der Waals surface area contributed by atoms with E-state index in [1.165, 1.54) is 5.57 Å². The van der Waals surface area contributed by atoms with Crippen molar-refractivity contribution in [1.29, 1.82) is 5.26 Å². The molecule has 0 aromatic rings. The van der Waals surface area contributed by atoms with Crippen LogP contribution in [-0.4, -0.2) is 28.5 Å². The number of aliphatic hydroxyl groups is 2. The van der Waals surface area contributed by atoms with E-state index in [0.29, 0.717) is 19.3 Å². The average Bonchev–Trinajstić information content (AvgIpc) is 2.87. The Morgan fingerprint density at radius 2 is 1.92 bits per heavy atom. The molecule has 0 heterocycles. The van der Waals surface area contributed by atoms with Crippen molar-refractivity contribution in [2.75, 3.05) is 7.11 Å². The van der Waals surface area contributed by atoms with Gasteiger partial charge in [0.25, 0.3) is 0 Å². The van der Waals surface area contributed by atoms with E-state index in [0.717, 1.165) is 31.4 Å². The lowest BCUT2D eigenvalue weighted by Gasteiger charge is -2.62. The molecule has 4 heteroatoms. The molecule has 4 rings (SSSR count). The Labute approximate surface area is 150 Å². The molecule has 6 atom stereocenters. The van der Waals surface area contributed by atoms with Gasteiger partial charge in [-0.1, -0.05) is 19.9 Å². The molecule has 0 amide bonds. The van der Waals surface area contributed by atoms with Gasteiger partial charge in [0.15, 0.2) is 5.60 Å². The Hall–Kier alpha value is -1.31. The molecular weight excluding hydrogens is 314 g/mol. The van der Waals surface area contributed by atoms with Gasteiger partial charge in [0, 0.05) is 17.3 Å². The van der Waals surface area contributed by atoms with E-state index in [9.17, 15) is 15.5 Å². The van der Waals surface area contributed by atoms with Gasteiger partial charge in [-0.15, -0.1) is 0 Å². The van der Waals surface area contributed by atoms with Gasteiger partial charge in [-0.05, 0) is 62.0 Å². The van der Waals surface area contributed by atoms with Gasteiger partial charge in [-0.2, -0.15) is 5.26 Å². The van der Waals surface area contributed by atoms with E-state index in [1.54, 1.807) is 7.11 Å². The quantitative estimate of drug-likeness (QED) is 0.715. The van der Waals surface area contributed by atoms with Crippen molar-refractivity contribution in [3.05, 3.63) is 23.5 Å². The number of methoxy groups -OCH3 is 1. The standard InChI is InChI=1S/C21H29NO3/c1-18-8-6-15(25-3)12-14(18)4-5-17-16-7-9-20(23,13-22)19(16,2)10-11-21(17,18)24/h4,12,16-17,23-24H,5-11H2,1-3H3/t16-,17-,18-,19-,20-,21+/m0/s1. The zero-order chi connectivity index (χ0) is 18.1. The number of ether oxygens (including phenoxy) is 1. The normalized spacial score (nSPS) is 51.4. The van der Waals surface area contributed by atoms with Crippen molar-refractivity contribution >= 4 is 0 Å². The molecular formula is C21H29NO3. The number of fused-ring (bicyclic) bond motifs is 5. The molecule has 136 valence electrons. The zero-order valence-corrected chi connectivity index (χ0v) is 15.5. The summed E-state index contributed by atoms with van der Waals surface area (Å²) in [4.78, 5) is 0. The first-order valence-electron chi connectivity index (χ1n) is 9.55. The third-order valence-corrected chi connectivity index (χ3v) is 8.52. The van der Waals surface area contributed by atoms with Crippen molar-refractivity contribution in [2.45, 2.75) is 70.0 Å². The van der Waals surface area contributed by atoms with Crippen molar-refractivity contribution in [3.8, 4) is 6.07 Å². The predicted octanol–water partition coefficient (Wildman–Crippen LogP) is 3.46. The molecule has 0 spiro atoms. The number of hydrogen-bond acceptors (Lipinski definition) is 4. The Morgan fingerprint density at radius 1 is 1.16 bits per heavy atom. The second-order valence-electron chi connectivity index (χ2n) is 9.11. The summed E-state index contributed by atoms with van der Waals surface area (Å²) in [7, 11) is 1.71. The van der Waals surface area contributed by atoms with E-state index in [-0.39, 0.29) is 17.3 Å². The molecule has 0 unspecified atom stereocenters. The van der Waals surface area contributed by atoms with Crippen molar-refractivity contribution in [1.82, 2.24) is 0 Å². The summed E-state index contributed by atoms with van der Waals surface area (Å²) in [5.41, 5.74) is -1.50. The van der Waals surface area contributed by atoms with Gasteiger partial charge in [-0.3, -0.25) is 0 Å². The molecule has 4 aliphatic rings. The Bertz CT molecular complexity index is 706. The van der Waals surface area contributed by atoms with Gasteiger partial charge in [0.05, 0.1) is 24.5 Å². The largest absolute Gasteiger partial charge is 0.501 e. The van der Waals surface area contributed by atoms with Crippen LogP contribution in [0.1, 0.15) is 58.8 Å². The van der Waals surface area contributed by atoms with E-state index in [4.69, 9.17) is 4.74 Å². The molecule has 0 saturated heterocycles. The van der Waals surface area contributed by atoms with Gasteiger partial charge in [0.2, 0.25) is 0 Å². The van der Waals surface area contributed by atoms with Crippen LogP contribution in [0.4, 0.5) is 0 Å². The summed E-state index contributed by atoms with van der Waals surface area (Å²) in [6, 6.07) is 2.20. The first kappa shape index (κ1) is 17.1. The summed E-state index contributed by atoms with van der Waals surface area (Å²) >= 11 is 0. The zero-order valence-electron chi connectivity index (χ0n) is 15.5. The monoisotopic (exact) mass is 343 g/mol. The first-order valence-corrected chi connectivity index (χ1v) is 9.55. The SMILES string of the molecule is COC1=CC2=CC[C@H]3[C@@H]4CC[C@](O)(C#N)[C@@]4(C)CC[C@]3(O)[C@@]2(C)CC1. The Kier molecular flexibility index (Phi) is 3.50. The highest BCUT2D eigenvalue weighted by Gasteiger charge is 2.68. The highest BCUT2D eigenvalue weighted by Crippen LogP contribution is 2.68. The van der Waals surface area contributed by atoms with Crippen LogP contribution in [0.5, 0.6) is 0 Å². The minimum absolute atomic E-state index is 0.111. The van der Waals surface area contributed by atoms with Gasteiger partial charge < -0.3 is 14.9 Å². The summed E-state index contributed by atoms with van der Waals surface area (Å²) in [5.74, 6) is 1.30. The fourth-order valence-electron chi connectivity index (χ4n) is 6.60. The van der Waals surface area contributed by atoms with Gasteiger partial charge >= 0.3 is 0 Å². The van der Waals surface area contributed by atoms with Gasteiger partial charge in [-0.25, -0.2) is 0 Å².